The first-order valence-corrected chi connectivity index (χ1v) is 15.3. The lowest BCUT2D eigenvalue weighted by atomic mass is 9.99. The average molecular weight is 481 g/mol. The van der Waals surface area contributed by atoms with Crippen molar-refractivity contribution < 1.29 is 14.0 Å². The minimum atomic E-state index is -1.95. The molecule has 5 nitrogen and oxygen atoms in total. The maximum Gasteiger partial charge on any atom is 0.358 e. The third-order valence-corrected chi connectivity index (χ3v) is 11.7. The molecule has 0 amide bonds. The van der Waals surface area contributed by atoms with Crippen LogP contribution in [-0.2, 0) is 15.6 Å². The van der Waals surface area contributed by atoms with Gasteiger partial charge < -0.3 is 13.7 Å². The van der Waals surface area contributed by atoms with E-state index in [0.717, 1.165) is 19.3 Å². The predicted octanol–water partition coefficient (Wildman–Crippen LogP) is 7.19. The Kier molecular flexibility index (Phi) is 8.37. The van der Waals surface area contributed by atoms with Crippen molar-refractivity contribution in [2.75, 3.05) is 6.61 Å². The van der Waals surface area contributed by atoms with Crippen molar-refractivity contribution in [2.24, 2.45) is 0 Å². The minimum Gasteiger partial charge on any atom is -0.461 e. The number of aromatic nitrogens is 2. The molecule has 0 saturated carbocycles. The van der Waals surface area contributed by atoms with E-state index in [-0.39, 0.29) is 23.2 Å². The van der Waals surface area contributed by atoms with Crippen molar-refractivity contribution in [2.45, 2.75) is 84.2 Å². The van der Waals surface area contributed by atoms with E-state index < -0.39 is 8.32 Å². The number of hydrogen-bond donors (Lipinski definition) is 0. The van der Waals surface area contributed by atoms with Gasteiger partial charge in [0.25, 0.3) is 0 Å². The largest absolute Gasteiger partial charge is 0.461 e. The van der Waals surface area contributed by atoms with Crippen LogP contribution in [0.25, 0.3) is 10.8 Å². The first kappa shape index (κ1) is 26.2. The molecule has 0 spiro atoms. The summed E-state index contributed by atoms with van der Waals surface area (Å²) in [6, 6.07) is 15.3. The highest BCUT2D eigenvalue weighted by Gasteiger charge is 2.40. The summed E-state index contributed by atoms with van der Waals surface area (Å²) < 4.78 is 14.0. The zero-order valence-corrected chi connectivity index (χ0v) is 22.8. The van der Waals surface area contributed by atoms with E-state index in [1.165, 1.54) is 16.3 Å². The fourth-order valence-corrected chi connectivity index (χ4v) is 5.52. The van der Waals surface area contributed by atoms with Gasteiger partial charge in [0.15, 0.2) is 14.0 Å². The number of carbonyl (C=O) groups is 1. The molecule has 3 aromatic rings. The van der Waals surface area contributed by atoms with Gasteiger partial charge in [-0.2, -0.15) is 0 Å². The highest BCUT2D eigenvalue weighted by atomic mass is 28.4. The van der Waals surface area contributed by atoms with E-state index in [9.17, 15) is 4.79 Å². The number of esters is 1. The molecule has 0 unspecified atom stereocenters. The number of carbonyl (C=O) groups excluding carboxylic acids is 1. The Morgan fingerprint density at radius 2 is 1.82 bits per heavy atom. The summed E-state index contributed by atoms with van der Waals surface area (Å²) in [5, 5.41) is 2.67. The van der Waals surface area contributed by atoms with Gasteiger partial charge in [-0.1, -0.05) is 63.2 Å². The predicted molar refractivity (Wildman–Crippen MR) is 142 cm³/mol. The Morgan fingerprint density at radius 1 is 1.12 bits per heavy atom. The second kappa shape index (κ2) is 10.9. The molecule has 6 heteroatoms. The zero-order valence-electron chi connectivity index (χ0n) is 21.8. The van der Waals surface area contributed by atoms with Crippen LogP contribution in [-0.4, -0.2) is 36.5 Å². The number of ether oxygens (including phenoxy) is 1. The summed E-state index contributed by atoms with van der Waals surface area (Å²) in [4.78, 5) is 16.5. The Bertz CT molecular complexity index is 1100. The number of hydrogen-bond acceptors (Lipinski definition) is 4. The average Bonchev–Trinajstić information content (AvgIpc) is 3.25. The Balaban J connectivity index is 1.77. The van der Waals surface area contributed by atoms with Crippen LogP contribution in [0.4, 0.5) is 0 Å². The third kappa shape index (κ3) is 6.36. The number of benzene rings is 2. The van der Waals surface area contributed by atoms with E-state index in [0.29, 0.717) is 12.3 Å². The standard InChI is InChI=1S/C28H40N2O3Si/c1-8-32-27(31)25-19-30(20-29-25)26(21(2)33-34(6,7)28(3,4)5)15-11-12-22-16-17-23-13-9-10-14-24(23)18-22/h9-10,13-14,16-21,26H,8,11-12,15H2,1-7H3/t21-,26+/m0/s1. The quantitative estimate of drug-likeness (QED) is 0.228. The van der Waals surface area contributed by atoms with E-state index in [4.69, 9.17) is 9.16 Å². The summed E-state index contributed by atoms with van der Waals surface area (Å²) in [7, 11) is -1.95. The van der Waals surface area contributed by atoms with E-state index >= 15 is 0 Å². The summed E-state index contributed by atoms with van der Waals surface area (Å²) in [5.41, 5.74) is 1.69. The van der Waals surface area contributed by atoms with Gasteiger partial charge >= 0.3 is 5.97 Å². The lowest BCUT2D eigenvalue weighted by Crippen LogP contribution is -2.45. The Morgan fingerprint density at radius 3 is 2.50 bits per heavy atom. The van der Waals surface area contributed by atoms with Gasteiger partial charge in [0.05, 0.1) is 25.1 Å². The smallest absolute Gasteiger partial charge is 0.358 e. The molecule has 0 N–H and O–H groups in total. The molecular weight excluding hydrogens is 440 g/mol. The molecule has 0 radical (unpaired) electrons. The van der Waals surface area contributed by atoms with Crippen LogP contribution >= 0.6 is 0 Å². The Hall–Kier alpha value is -2.44. The number of rotatable bonds is 10. The maximum absolute atomic E-state index is 12.2. The molecule has 1 aromatic heterocycles. The van der Waals surface area contributed by atoms with Gasteiger partial charge in [0.1, 0.15) is 0 Å². The minimum absolute atomic E-state index is 0.00161. The fourth-order valence-electron chi connectivity index (χ4n) is 4.08. The number of fused-ring (bicyclic) bond motifs is 1. The maximum atomic E-state index is 12.2. The molecule has 2 atom stereocenters. The van der Waals surface area contributed by atoms with Crippen LogP contribution in [0.5, 0.6) is 0 Å². The van der Waals surface area contributed by atoms with Gasteiger partial charge in [-0.25, -0.2) is 9.78 Å². The van der Waals surface area contributed by atoms with Crippen LogP contribution in [0.3, 0.4) is 0 Å². The van der Waals surface area contributed by atoms with Crippen LogP contribution in [0.1, 0.15) is 69.6 Å². The summed E-state index contributed by atoms with van der Waals surface area (Å²) >= 11 is 0. The number of nitrogens with zero attached hydrogens (tertiary/aromatic N) is 2. The monoisotopic (exact) mass is 480 g/mol. The molecule has 0 saturated heterocycles. The molecule has 1 heterocycles. The summed E-state index contributed by atoms with van der Waals surface area (Å²) in [6.07, 6.45) is 6.50. The van der Waals surface area contributed by atoms with Gasteiger partial charge in [-0.3, -0.25) is 0 Å². The van der Waals surface area contributed by atoms with Gasteiger partial charge in [0.2, 0.25) is 0 Å². The van der Waals surface area contributed by atoms with E-state index in [2.05, 4.69) is 88.2 Å². The first-order chi connectivity index (χ1) is 16.0. The van der Waals surface area contributed by atoms with Crippen molar-refractivity contribution in [1.82, 2.24) is 9.55 Å². The van der Waals surface area contributed by atoms with Crippen molar-refractivity contribution in [3.05, 3.63) is 66.2 Å². The van der Waals surface area contributed by atoms with Gasteiger partial charge in [0, 0.05) is 6.20 Å². The molecule has 184 valence electrons. The lowest BCUT2D eigenvalue weighted by Gasteiger charge is -2.40. The molecule has 0 aliphatic rings. The third-order valence-electron chi connectivity index (χ3n) is 7.08. The molecular formula is C28H40N2O3Si. The van der Waals surface area contributed by atoms with Crippen molar-refractivity contribution in [3.63, 3.8) is 0 Å². The molecule has 0 aliphatic carbocycles. The highest BCUT2D eigenvalue weighted by Crippen LogP contribution is 2.39. The second-order valence-corrected chi connectivity index (χ2v) is 15.4. The molecule has 34 heavy (non-hydrogen) atoms. The first-order valence-electron chi connectivity index (χ1n) is 12.4. The van der Waals surface area contributed by atoms with Crippen LogP contribution in [0.15, 0.2) is 55.0 Å². The fraction of sp³-hybridized carbons (Fsp3) is 0.500. The SMILES string of the molecule is CCOC(=O)c1cn([C@H](CCCc2ccc3ccccc3c2)[C@H](C)O[Si](C)(C)C(C)(C)C)cn1. The molecule has 0 fully saturated rings. The number of aryl methyl sites for hydroxylation is 1. The molecule has 2 aromatic carbocycles. The van der Waals surface area contributed by atoms with E-state index in [1.54, 1.807) is 13.3 Å². The molecule has 3 rings (SSSR count). The second-order valence-electron chi connectivity index (χ2n) is 10.7. The van der Waals surface area contributed by atoms with Crippen LogP contribution in [0, 0.1) is 0 Å². The van der Waals surface area contributed by atoms with Crippen molar-refractivity contribution >= 4 is 25.1 Å². The van der Waals surface area contributed by atoms with E-state index in [1.807, 2.05) is 10.8 Å². The lowest BCUT2D eigenvalue weighted by molar-refractivity contribution is 0.0519. The molecule has 0 bridgehead atoms. The van der Waals surface area contributed by atoms with Crippen molar-refractivity contribution in [3.8, 4) is 0 Å². The highest BCUT2D eigenvalue weighted by molar-refractivity contribution is 6.74. The van der Waals surface area contributed by atoms with Gasteiger partial charge in [-0.15, -0.1) is 0 Å². The van der Waals surface area contributed by atoms with Gasteiger partial charge in [-0.05, 0) is 67.6 Å². The van der Waals surface area contributed by atoms with Crippen molar-refractivity contribution in [1.29, 1.82) is 0 Å². The number of imidazole rings is 1. The Labute approximate surface area is 205 Å². The normalized spacial score (nSPS) is 14.2. The molecule has 0 aliphatic heterocycles. The summed E-state index contributed by atoms with van der Waals surface area (Å²) in [5.74, 6) is -0.380. The summed E-state index contributed by atoms with van der Waals surface area (Å²) in [6.45, 7) is 15.7. The van der Waals surface area contributed by atoms with Crippen LogP contribution in [0.2, 0.25) is 18.1 Å². The van der Waals surface area contributed by atoms with Crippen LogP contribution < -0.4 is 0 Å². The zero-order chi connectivity index (χ0) is 24.9. The topological polar surface area (TPSA) is 53.4 Å².